The molecule has 1 saturated carbocycles. The van der Waals surface area contributed by atoms with Gasteiger partial charge < -0.3 is 10.0 Å². The van der Waals surface area contributed by atoms with Crippen LogP contribution in [0, 0.1) is 11.3 Å². The number of hydrogen-bond acceptors (Lipinski definition) is 3. The zero-order chi connectivity index (χ0) is 17.2. The number of aliphatic hydroxyl groups excluding tert-OH is 1. The van der Waals surface area contributed by atoms with Crippen molar-refractivity contribution in [1.82, 2.24) is 14.7 Å². The fraction of sp³-hybridized carbons (Fsp3) is 0.789. The lowest BCUT2D eigenvalue weighted by Crippen LogP contribution is -2.51. The van der Waals surface area contributed by atoms with Gasteiger partial charge in [-0.2, -0.15) is 5.10 Å². The standard InChI is InChI=1S/C19H31N3O2/c1-19(2)9-8-17(13-23)22(14-19)18(24)16-10-20-21(12-16)11-15-6-4-3-5-7-15/h10,12,15,17,23H,3-9,11,13-14H2,1-2H3. The fourth-order valence-corrected chi connectivity index (χ4v) is 4.18. The summed E-state index contributed by atoms with van der Waals surface area (Å²) in [5.41, 5.74) is 0.765. The van der Waals surface area contributed by atoms with E-state index in [1.165, 1.54) is 32.1 Å². The average molecular weight is 333 g/mol. The van der Waals surface area contributed by atoms with E-state index in [2.05, 4.69) is 18.9 Å². The Bertz CT molecular complexity index is 561. The first kappa shape index (κ1) is 17.5. The van der Waals surface area contributed by atoms with Crippen LogP contribution in [0.25, 0.3) is 0 Å². The normalized spacial score (nSPS) is 25.0. The van der Waals surface area contributed by atoms with E-state index in [0.717, 1.165) is 19.4 Å². The summed E-state index contributed by atoms with van der Waals surface area (Å²) >= 11 is 0. The molecule has 1 aliphatic heterocycles. The van der Waals surface area contributed by atoms with Crippen molar-refractivity contribution in [2.45, 2.75) is 71.4 Å². The highest BCUT2D eigenvalue weighted by Gasteiger charge is 2.36. The molecule has 1 atom stereocenters. The monoisotopic (exact) mass is 333 g/mol. The van der Waals surface area contributed by atoms with E-state index in [1.807, 2.05) is 15.8 Å². The minimum atomic E-state index is -0.0628. The second kappa shape index (κ2) is 7.26. The second-order valence-corrected chi connectivity index (χ2v) is 8.43. The summed E-state index contributed by atoms with van der Waals surface area (Å²) in [6.07, 6.45) is 12.0. The molecule has 0 aromatic carbocycles. The molecule has 2 aliphatic rings. The summed E-state index contributed by atoms with van der Waals surface area (Å²) in [7, 11) is 0. The third-order valence-electron chi connectivity index (χ3n) is 5.72. The molecule has 1 aliphatic carbocycles. The molecule has 5 heteroatoms. The Morgan fingerprint density at radius 2 is 2.04 bits per heavy atom. The molecule has 0 radical (unpaired) electrons. The first-order valence-corrected chi connectivity index (χ1v) is 9.43. The summed E-state index contributed by atoms with van der Waals surface area (Å²) in [6.45, 7) is 6.03. The Morgan fingerprint density at radius 1 is 1.29 bits per heavy atom. The van der Waals surface area contributed by atoms with Gasteiger partial charge in [-0.3, -0.25) is 9.48 Å². The molecule has 24 heavy (non-hydrogen) atoms. The number of likely N-dealkylation sites (tertiary alicyclic amines) is 1. The summed E-state index contributed by atoms with van der Waals surface area (Å²) in [5, 5.41) is 14.1. The third-order valence-corrected chi connectivity index (χ3v) is 5.72. The number of amides is 1. The summed E-state index contributed by atoms with van der Waals surface area (Å²) < 4.78 is 1.94. The minimum Gasteiger partial charge on any atom is -0.394 e. The van der Waals surface area contributed by atoms with E-state index in [1.54, 1.807) is 6.20 Å². The molecule has 1 amide bonds. The fourth-order valence-electron chi connectivity index (χ4n) is 4.18. The van der Waals surface area contributed by atoms with Crippen molar-refractivity contribution in [3.8, 4) is 0 Å². The van der Waals surface area contributed by atoms with Gasteiger partial charge in [-0.05, 0) is 37.0 Å². The van der Waals surface area contributed by atoms with Crippen LogP contribution in [0.3, 0.4) is 0 Å². The van der Waals surface area contributed by atoms with Gasteiger partial charge in [0.15, 0.2) is 0 Å². The Kier molecular flexibility index (Phi) is 5.28. The maximum Gasteiger partial charge on any atom is 0.257 e. The molecule has 1 unspecified atom stereocenters. The smallest absolute Gasteiger partial charge is 0.257 e. The Morgan fingerprint density at radius 3 is 2.75 bits per heavy atom. The maximum atomic E-state index is 12.9. The van der Waals surface area contributed by atoms with Gasteiger partial charge in [0.1, 0.15) is 0 Å². The van der Waals surface area contributed by atoms with Gasteiger partial charge >= 0.3 is 0 Å². The predicted octanol–water partition coefficient (Wildman–Crippen LogP) is 3.09. The molecule has 5 nitrogen and oxygen atoms in total. The predicted molar refractivity (Wildman–Crippen MR) is 93.7 cm³/mol. The zero-order valence-corrected chi connectivity index (χ0v) is 15.1. The van der Waals surface area contributed by atoms with Crippen LogP contribution in [0.1, 0.15) is 69.2 Å². The van der Waals surface area contributed by atoms with Gasteiger partial charge in [0.05, 0.1) is 24.4 Å². The molecule has 2 heterocycles. The minimum absolute atomic E-state index is 0.0109. The number of carbonyl (C=O) groups excluding carboxylic acids is 1. The van der Waals surface area contributed by atoms with Gasteiger partial charge in [0, 0.05) is 19.3 Å². The molecule has 1 N–H and O–H groups in total. The molecule has 2 fully saturated rings. The van der Waals surface area contributed by atoms with Gasteiger partial charge in [-0.25, -0.2) is 0 Å². The molecule has 3 rings (SSSR count). The van der Waals surface area contributed by atoms with E-state index in [0.29, 0.717) is 18.0 Å². The van der Waals surface area contributed by atoms with Crippen LogP contribution in [0.2, 0.25) is 0 Å². The first-order valence-electron chi connectivity index (χ1n) is 9.43. The third kappa shape index (κ3) is 4.00. The van der Waals surface area contributed by atoms with Crippen molar-refractivity contribution < 1.29 is 9.90 Å². The zero-order valence-electron chi connectivity index (χ0n) is 15.1. The van der Waals surface area contributed by atoms with Crippen molar-refractivity contribution in [3.05, 3.63) is 18.0 Å². The molecule has 1 aromatic rings. The molecule has 134 valence electrons. The highest BCUT2D eigenvalue weighted by atomic mass is 16.3. The Hall–Kier alpha value is -1.36. The number of hydrogen-bond donors (Lipinski definition) is 1. The Balaban J connectivity index is 1.67. The van der Waals surface area contributed by atoms with Gasteiger partial charge in [0.2, 0.25) is 0 Å². The molecular weight excluding hydrogens is 302 g/mol. The Labute approximate surface area is 145 Å². The number of piperidine rings is 1. The van der Waals surface area contributed by atoms with Crippen molar-refractivity contribution >= 4 is 5.91 Å². The van der Waals surface area contributed by atoms with Crippen LogP contribution in [-0.4, -0.2) is 44.9 Å². The number of aliphatic hydroxyl groups is 1. The molecule has 1 saturated heterocycles. The van der Waals surface area contributed by atoms with E-state index >= 15 is 0 Å². The van der Waals surface area contributed by atoms with Crippen LogP contribution in [-0.2, 0) is 6.54 Å². The van der Waals surface area contributed by atoms with Crippen molar-refractivity contribution in [2.75, 3.05) is 13.2 Å². The van der Waals surface area contributed by atoms with Crippen LogP contribution in [0.15, 0.2) is 12.4 Å². The highest BCUT2D eigenvalue weighted by Crippen LogP contribution is 2.32. The molecule has 1 aromatic heterocycles. The number of nitrogens with zero attached hydrogens (tertiary/aromatic N) is 3. The average Bonchev–Trinajstić information content (AvgIpc) is 3.03. The van der Waals surface area contributed by atoms with Gasteiger partial charge in [-0.15, -0.1) is 0 Å². The SMILES string of the molecule is CC1(C)CCC(CO)N(C(=O)c2cnn(CC3CCCCC3)c2)C1. The summed E-state index contributed by atoms with van der Waals surface area (Å²) in [5.74, 6) is 0.706. The number of aromatic nitrogens is 2. The lowest BCUT2D eigenvalue weighted by atomic mass is 9.81. The highest BCUT2D eigenvalue weighted by molar-refractivity contribution is 5.94. The molecular formula is C19H31N3O2. The first-order chi connectivity index (χ1) is 11.5. The summed E-state index contributed by atoms with van der Waals surface area (Å²) in [6, 6.07) is -0.0628. The van der Waals surface area contributed by atoms with E-state index in [-0.39, 0.29) is 24.0 Å². The van der Waals surface area contributed by atoms with Crippen LogP contribution in [0.5, 0.6) is 0 Å². The maximum absolute atomic E-state index is 12.9. The van der Waals surface area contributed by atoms with Crippen molar-refractivity contribution in [2.24, 2.45) is 11.3 Å². The summed E-state index contributed by atoms with van der Waals surface area (Å²) in [4.78, 5) is 14.8. The second-order valence-electron chi connectivity index (χ2n) is 8.43. The van der Waals surface area contributed by atoms with Crippen molar-refractivity contribution in [3.63, 3.8) is 0 Å². The molecule has 0 spiro atoms. The number of carbonyl (C=O) groups is 1. The lowest BCUT2D eigenvalue weighted by Gasteiger charge is -2.43. The largest absolute Gasteiger partial charge is 0.394 e. The lowest BCUT2D eigenvalue weighted by molar-refractivity contribution is 0.0247. The van der Waals surface area contributed by atoms with Crippen molar-refractivity contribution in [1.29, 1.82) is 0 Å². The van der Waals surface area contributed by atoms with Crippen LogP contribution in [0.4, 0.5) is 0 Å². The topological polar surface area (TPSA) is 58.4 Å². The van der Waals surface area contributed by atoms with Gasteiger partial charge in [0.25, 0.3) is 5.91 Å². The van der Waals surface area contributed by atoms with E-state index in [9.17, 15) is 9.90 Å². The van der Waals surface area contributed by atoms with Crippen LogP contribution >= 0.6 is 0 Å². The van der Waals surface area contributed by atoms with E-state index in [4.69, 9.17) is 0 Å². The van der Waals surface area contributed by atoms with Gasteiger partial charge in [-0.1, -0.05) is 33.1 Å². The quantitative estimate of drug-likeness (QED) is 0.921. The number of rotatable bonds is 4. The molecule has 0 bridgehead atoms. The van der Waals surface area contributed by atoms with Crippen LogP contribution < -0.4 is 0 Å². The van der Waals surface area contributed by atoms with E-state index < -0.39 is 0 Å².